The highest BCUT2D eigenvalue weighted by Gasteiger charge is 2.23. The molecule has 0 heterocycles. The number of carbonyl (C=O) groups excluding carboxylic acids is 1. The van der Waals surface area contributed by atoms with E-state index in [1.807, 2.05) is 30.0 Å². The van der Waals surface area contributed by atoms with Gasteiger partial charge in [0.25, 0.3) is 0 Å². The SMILES string of the molecule is NCCC(=O)c1ccc(SC2CC2)c(Br)c1. The molecule has 16 heavy (non-hydrogen) atoms. The molecule has 4 heteroatoms. The molecule has 1 aliphatic carbocycles. The van der Waals surface area contributed by atoms with Gasteiger partial charge in [-0.2, -0.15) is 0 Å². The molecule has 0 atom stereocenters. The van der Waals surface area contributed by atoms with Gasteiger partial charge in [-0.3, -0.25) is 4.79 Å². The minimum Gasteiger partial charge on any atom is -0.330 e. The molecule has 1 aromatic carbocycles. The Morgan fingerprint density at radius 2 is 2.25 bits per heavy atom. The normalized spacial score (nSPS) is 15.1. The van der Waals surface area contributed by atoms with E-state index in [2.05, 4.69) is 15.9 Å². The Labute approximate surface area is 108 Å². The van der Waals surface area contributed by atoms with Crippen molar-refractivity contribution in [3.63, 3.8) is 0 Å². The zero-order chi connectivity index (χ0) is 11.5. The molecule has 1 saturated carbocycles. The van der Waals surface area contributed by atoms with Crippen LogP contribution in [0.5, 0.6) is 0 Å². The molecule has 2 N–H and O–H groups in total. The van der Waals surface area contributed by atoms with Crippen molar-refractivity contribution < 1.29 is 4.79 Å². The van der Waals surface area contributed by atoms with E-state index in [-0.39, 0.29) is 5.78 Å². The zero-order valence-corrected chi connectivity index (χ0v) is 11.3. The maximum atomic E-state index is 11.6. The molecular formula is C12H14BrNOS. The zero-order valence-electron chi connectivity index (χ0n) is 8.91. The molecular weight excluding hydrogens is 286 g/mol. The first-order valence-electron chi connectivity index (χ1n) is 5.40. The lowest BCUT2D eigenvalue weighted by molar-refractivity contribution is 0.0985. The molecule has 86 valence electrons. The van der Waals surface area contributed by atoms with Crippen LogP contribution in [0.15, 0.2) is 27.6 Å². The Balaban J connectivity index is 2.11. The third-order valence-electron chi connectivity index (χ3n) is 2.44. The summed E-state index contributed by atoms with van der Waals surface area (Å²) < 4.78 is 1.02. The van der Waals surface area contributed by atoms with Crippen molar-refractivity contribution in [3.05, 3.63) is 28.2 Å². The average Bonchev–Trinajstić information content (AvgIpc) is 3.05. The third-order valence-corrected chi connectivity index (χ3v) is 4.78. The fourth-order valence-electron chi connectivity index (χ4n) is 1.41. The van der Waals surface area contributed by atoms with Crippen LogP contribution < -0.4 is 5.73 Å². The fourth-order valence-corrected chi connectivity index (χ4v) is 3.12. The van der Waals surface area contributed by atoms with E-state index in [0.717, 1.165) is 15.3 Å². The van der Waals surface area contributed by atoms with Crippen molar-refractivity contribution in [2.75, 3.05) is 6.54 Å². The smallest absolute Gasteiger partial charge is 0.164 e. The molecule has 1 aliphatic rings. The Morgan fingerprint density at radius 3 is 2.81 bits per heavy atom. The Kier molecular flexibility index (Phi) is 4.05. The van der Waals surface area contributed by atoms with E-state index < -0.39 is 0 Å². The van der Waals surface area contributed by atoms with Gasteiger partial charge >= 0.3 is 0 Å². The van der Waals surface area contributed by atoms with Crippen LogP contribution in [-0.2, 0) is 0 Å². The third kappa shape index (κ3) is 3.09. The molecule has 2 nitrogen and oxygen atoms in total. The predicted molar refractivity (Wildman–Crippen MR) is 71.0 cm³/mol. The quantitative estimate of drug-likeness (QED) is 0.849. The van der Waals surface area contributed by atoms with Crippen LogP contribution in [0, 0.1) is 0 Å². The van der Waals surface area contributed by atoms with Crippen LogP contribution in [-0.4, -0.2) is 17.6 Å². The Bertz CT molecular complexity index is 404. The first-order valence-corrected chi connectivity index (χ1v) is 7.07. The van der Waals surface area contributed by atoms with Crippen LogP contribution in [0.25, 0.3) is 0 Å². The molecule has 0 aromatic heterocycles. The molecule has 0 bridgehead atoms. The van der Waals surface area contributed by atoms with Crippen molar-refractivity contribution in [1.82, 2.24) is 0 Å². The summed E-state index contributed by atoms with van der Waals surface area (Å²) >= 11 is 5.41. The van der Waals surface area contributed by atoms with Crippen LogP contribution in [0.4, 0.5) is 0 Å². The summed E-state index contributed by atoms with van der Waals surface area (Å²) in [5, 5.41) is 0.780. The van der Waals surface area contributed by atoms with Gasteiger partial charge in [-0.05, 0) is 47.4 Å². The van der Waals surface area contributed by atoms with E-state index in [1.165, 1.54) is 17.7 Å². The number of rotatable bonds is 5. The highest BCUT2D eigenvalue weighted by molar-refractivity contribution is 9.10. The molecule has 0 unspecified atom stereocenters. The highest BCUT2D eigenvalue weighted by atomic mass is 79.9. The number of benzene rings is 1. The molecule has 0 radical (unpaired) electrons. The van der Waals surface area contributed by atoms with Crippen LogP contribution >= 0.6 is 27.7 Å². The van der Waals surface area contributed by atoms with Crippen LogP contribution in [0.2, 0.25) is 0 Å². The summed E-state index contributed by atoms with van der Waals surface area (Å²) in [4.78, 5) is 12.9. The van der Waals surface area contributed by atoms with Gasteiger partial charge in [-0.15, -0.1) is 11.8 Å². The molecule has 2 rings (SSSR count). The van der Waals surface area contributed by atoms with E-state index in [1.54, 1.807) is 0 Å². The van der Waals surface area contributed by atoms with Crippen molar-refractivity contribution >= 4 is 33.5 Å². The summed E-state index contributed by atoms with van der Waals surface area (Å²) in [6, 6.07) is 5.83. The lowest BCUT2D eigenvalue weighted by Crippen LogP contribution is -2.08. The highest BCUT2D eigenvalue weighted by Crippen LogP contribution is 2.42. The number of Topliss-reactive ketones (excluding diaryl/α,β-unsaturated/α-hetero) is 1. The maximum absolute atomic E-state index is 11.6. The number of halogens is 1. The van der Waals surface area contributed by atoms with Gasteiger partial charge in [-0.25, -0.2) is 0 Å². The Hall–Kier alpha value is -0.320. The largest absolute Gasteiger partial charge is 0.330 e. The van der Waals surface area contributed by atoms with E-state index >= 15 is 0 Å². The second-order valence-electron chi connectivity index (χ2n) is 3.92. The summed E-state index contributed by atoms with van der Waals surface area (Å²) in [6.45, 7) is 0.412. The standard InChI is InChI=1S/C12H14BrNOS/c13-10-7-8(11(15)5-6-14)1-4-12(10)16-9-2-3-9/h1,4,7,9H,2-3,5-6,14H2. The van der Waals surface area contributed by atoms with Crippen molar-refractivity contribution in [1.29, 1.82) is 0 Å². The lowest BCUT2D eigenvalue weighted by atomic mass is 10.1. The number of hydrogen-bond donors (Lipinski definition) is 1. The molecule has 0 aliphatic heterocycles. The number of ketones is 1. The van der Waals surface area contributed by atoms with Gasteiger partial charge in [0.1, 0.15) is 0 Å². The summed E-state index contributed by atoms with van der Waals surface area (Å²) in [5.41, 5.74) is 6.12. The molecule has 0 spiro atoms. The minimum atomic E-state index is 0.117. The van der Waals surface area contributed by atoms with Crippen molar-refractivity contribution in [2.24, 2.45) is 5.73 Å². The average molecular weight is 300 g/mol. The summed E-state index contributed by atoms with van der Waals surface area (Å²) in [5.74, 6) is 0.117. The topological polar surface area (TPSA) is 43.1 Å². The van der Waals surface area contributed by atoms with E-state index in [9.17, 15) is 4.79 Å². The van der Waals surface area contributed by atoms with Crippen molar-refractivity contribution in [2.45, 2.75) is 29.4 Å². The summed E-state index contributed by atoms with van der Waals surface area (Å²) in [7, 11) is 0. The predicted octanol–water partition coefficient (Wildman–Crippen LogP) is 3.24. The Morgan fingerprint density at radius 1 is 1.50 bits per heavy atom. The van der Waals surface area contributed by atoms with Gasteiger partial charge < -0.3 is 5.73 Å². The van der Waals surface area contributed by atoms with Gasteiger partial charge in [0.15, 0.2) is 5.78 Å². The van der Waals surface area contributed by atoms with Crippen molar-refractivity contribution in [3.8, 4) is 0 Å². The van der Waals surface area contributed by atoms with E-state index in [0.29, 0.717) is 13.0 Å². The monoisotopic (exact) mass is 299 g/mol. The van der Waals surface area contributed by atoms with Crippen LogP contribution in [0.1, 0.15) is 29.6 Å². The second kappa shape index (κ2) is 5.34. The van der Waals surface area contributed by atoms with Gasteiger partial charge in [0.2, 0.25) is 0 Å². The van der Waals surface area contributed by atoms with Gasteiger partial charge in [0.05, 0.1) is 0 Å². The molecule has 0 amide bonds. The van der Waals surface area contributed by atoms with E-state index in [4.69, 9.17) is 5.73 Å². The number of hydrogen-bond acceptors (Lipinski definition) is 3. The summed E-state index contributed by atoms with van der Waals surface area (Å²) in [6.07, 6.45) is 3.04. The fraction of sp³-hybridized carbons (Fsp3) is 0.417. The molecule has 1 aromatic rings. The number of thioether (sulfide) groups is 1. The minimum absolute atomic E-state index is 0.117. The molecule has 1 fully saturated rings. The number of nitrogens with two attached hydrogens (primary N) is 1. The first kappa shape index (κ1) is 12.1. The lowest BCUT2D eigenvalue weighted by Gasteiger charge is -2.05. The van der Waals surface area contributed by atoms with Gasteiger partial charge in [0, 0.05) is 26.6 Å². The first-order chi connectivity index (χ1) is 7.70. The van der Waals surface area contributed by atoms with Crippen LogP contribution in [0.3, 0.4) is 0 Å². The maximum Gasteiger partial charge on any atom is 0.164 e. The second-order valence-corrected chi connectivity index (χ2v) is 6.12. The van der Waals surface area contributed by atoms with Gasteiger partial charge in [-0.1, -0.05) is 6.07 Å². The molecule has 0 saturated heterocycles. The number of carbonyl (C=O) groups is 1.